The van der Waals surface area contributed by atoms with Gasteiger partial charge in [-0.15, -0.1) is 0 Å². The van der Waals surface area contributed by atoms with Crippen molar-refractivity contribution in [2.24, 2.45) is 5.73 Å². The first-order valence-electron chi connectivity index (χ1n) is 1.77. The highest BCUT2D eigenvalue weighted by atomic mass is 16.1. The Morgan fingerprint density at radius 1 is 1.83 bits per heavy atom. The lowest BCUT2D eigenvalue weighted by Crippen LogP contribution is -1.77. The van der Waals surface area contributed by atoms with Gasteiger partial charge in [-0.3, -0.25) is 4.79 Å². The van der Waals surface area contributed by atoms with Crippen LogP contribution in [0.3, 0.4) is 0 Å². The monoisotopic (exact) mass is 83.0 g/mol. The maximum atomic E-state index is 9.64. The van der Waals surface area contributed by atoms with E-state index in [1.54, 1.807) is 0 Å². The van der Waals surface area contributed by atoms with Gasteiger partial charge in [0.25, 0.3) is 0 Å². The third kappa shape index (κ3) is 0.302. The molecule has 2 nitrogen and oxygen atoms in total. The van der Waals surface area contributed by atoms with Crippen molar-refractivity contribution < 1.29 is 4.79 Å². The predicted molar refractivity (Wildman–Crippen MR) is 21.9 cm³/mol. The fourth-order valence-electron chi connectivity index (χ4n) is 0.278. The lowest BCUT2D eigenvalue weighted by molar-refractivity contribution is -0.104. The zero-order valence-corrected chi connectivity index (χ0v) is 3.27. The second-order valence-corrected chi connectivity index (χ2v) is 1.35. The molecule has 0 bridgehead atoms. The van der Waals surface area contributed by atoms with Crippen LogP contribution in [0.15, 0.2) is 11.3 Å². The molecule has 0 heterocycles. The van der Waals surface area contributed by atoms with Gasteiger partial charge in [-0.05, 0) is 0 Å². The first kappa shape index (κ1) is 3.40. The quantitative estimate of drug-likeness (QED) is 0.446. The molecule has 0 aromatic heterocycles. The van der Waals surface area contributed by atoms with E-state index in [9.17, 15) is 4.79 Å². The molecule has 1 aliphatic rings. The van der Waals surface area contributed by atoms with Crippen LogP contribution in [0.5, 0.6) is 0 Å². The zero-order chi connectivity index (χ0) is 4.57. The van der Waals surface area contributed by atoms with E-state index in [4.69, 9.17) is 5.73 Å². The van der Waals surface area contributed by atoms with Gasteiger partial charge in [0.15, 0.2) is 0 Å². The maximum absolute atomic E-state index is 9.64. The summed E-state index contributed by atoms with van der Waals surface area (Å²) in [6, 6.07) is 0. The molecule has 2 heteroatoms. The number of allylic oxidation sites excluding steroid dienone is 2. The van der Waals surface area contributed by atoms with E-state index in [2.05, 4.69) is 0 Å². The first-order valence-corrected chi connectivity index (χ1v) is 1.77. The smallest absolute Gasteiger partial charge is 0.148 e. The highest BCUT2D eigenvalue weighted by molar-refractivity contribution is 5.81. The molecule has 1 rings (SSSR count). The molecule has 0 aliphatic heterocycles. The summed E-state index contributed by atoms with van der Waals surface area (Å²) in [6.07, 6.45) is 1.54. The molecule has 1 aliphatic carbocycles. The van der Waals surface area contributed by atoms with Crippen LogP contribution in [0.25, 0.3) is 0 Å². The van der Waals surface area contributed by atoms with Crippen molar-refractivity contribution in [2.75, 3.05) is 0 Å². The molecular formula is C4H5NO. The van der Waals surface area contributed by atoms with Crippen LogP contribution in [0, 0.1) is 0 Å². The molecule has 2 N–H and O–H groups in total. The first-order chi connectivity index (χ1) is 2.84. The standard InChI is InChI=1S/C4H5NO/c5-4-1-3(4)2-6/h2H,1,5H2. The van der Waals surface area contributed by atoms with E-state index in [-0.39, 0.29) is 0 Å². The average Bonchev–Trinajstić information content (AvgIpc) is 2.19. The normalized spacial score (nSPS) is 18.0. The van der Waals surface area contributed by atoms with Gasteiger partial charge in [0.2, 0.25) is 0 Å². The van der Waals surface area contributed by atoms with E-state index in [0.717, 1.165) is 24.0 Å². The predicted octanol–water partition coefficient (Wildman–Crippen LogP) is -0.198. The summed E-state index contributed by atoms with van der Waals surface area (Å²) >= 11 is 0. The van der Waals surface area contributed by atoms with Crippen LogP contribution in [0.4, 0.5) is 0 Å². The Balaban J connectivity index is 2.59. The number of aldehydes is 1. The second kappa shape index (κ2) is 0.834. The van der Waals surface area contributed by atoms with Crippen molar-refractivity contribution in [2.45, 2.75) is 6.42 Å². The second-order valence-electron chi connectivity index (χ2n) is 1.35. The average molecular weight is 83.1 g/mol. The topological polar surface area (TPSA) is 43.1 Å². The van der Waals surface area contributed by atoms with E-state index < -0.39 is 0 Å². The van der Waals surface area contributed by atoms with Gasteiger partial charge in [-0.25, -0.2) is 0 Å². The van der Waals surface area contributed by atoms with Gasteiger partial charge in [0, 0.05) is 17.7 Å². The summed E-state index contributed by atoms with van der Waals surface area (Å²) in [5, 5.41) is 0. The van der Waals surface area contributed by atoms with Crippen molar-refractivity contribution in [3.8, 4) is 0 Å². The summed E-state index contributed by atoms with van der Waals surface area (Å²) in [6.45, 7) is 0. The Bertz CT molecular complexity index is 115. The number of carbonyl (C=O) groups is 1. The van der Waals surface area contributed by atoms with E-state index in [1.165, 1.54) is 0 Å². The number of carbonyl (C=O) groups excluding carboxylic acids is 1. The van der Waals surface area contributed by atoms with Crippen LogP contribution in [0.1, 0.15) is 6.42 Å². The van der Waals surface area contributed by atoms with Gasteiger partial charge in [0.05, 0.1) is 0 Å². The van der Waals surface area contributed by atoms with Crippen molar-refractivity contribution in [3.05, 3.63) is 11.3 Å². The summed E-state index contributed by atoms with van der Waals surface area (Å²) in [7, 11) is 0. The molecule has 0 aromatic carbocycles. The summed E-state index contributed by atoms with van der Waals surface area (Å²) < 4.78 is 0. The molecule has 0 atom stereocenters. The molecule has 32 valence electrons. The highest BCUT2D eigenvalue weighted by Gasteiger charge is 2.15. The van der Waals surface area contributed by atoms with Crippen molar-refractivity contribution in [3.63, 3.8) is 0 Å². The van der Waals surface area contributed by atoms with Crippen molar-refractivity contribution in [1.29, 1.82) is 0 Å². The van der Waals surface area contributed by atoms with Crippen LogP contribution in [0.2, 0.25) is 0 Å². The number of rotatable bonds is 1. The van der Waals surface area contributed by atoms with E-state index in [1.807, 2.05) is 0 Å². The van der Waals surface area contributed by atoms with Crippen LogP contribution in [-0.4, -0.2) is 6.29 Å². The SMILES string of the molecule is NC1=C(C=O)C1. The van der Waals surface area contributed by atoms with E-state index in [0.29, 0.717) is 0 Å². The summed E-state index contributed by atoms with van der Waals surface area (Å²) in [5.41, 5.74) is 6.65. The third-order valence-corrected chi connectivity index (χ3v) is 0.811. The molecule has 6 heavy (non-hydrogen) atoms. The lowest BCUT2D eigenvalue weighted by atomic mass is 10.6. The van der Waals surface area contributed by atoms with Crippen LogP contribution in [-0.2, 0) is 4.79 Å². The Kier molecular flexibility index (Phi) is 0.473. The molecule has 0 saturated carbocycles. The van der Waals surface area contributed by atoms with Gasteiger partial charge in [-0.2, -0.15) is 0 Å². The maximum Gasteiger partial charge on any atom is 0.148 e. The summed E-state index contributed by atoms with van der Waals surface area (Å²) in [4.78, 5) is 9.64. The van der Waals surface area contributed by atoms with Gasteiger partial charge in [-0.1, -0.05) is 0 Å². The van der Waals surface area contributed by atoms with Crippen molar-refractivity contribution >= 4 is 6.29 Å². The van der Waals surface area contributed by atoms with E-state index >= 15 is 0 Å². The zero-order valence-electron chi connectivity index (χ0n) is 3.27. The molecule has 0 radical (unpaired) electrons. The van der Waals surface area contributed by atoms with Crippen LogP contribution < -0.4 is 5.73 Å². The minimum Gasteiger partial charge on any atom is -0.401 e. The Labute approximate surface area is 35.6 Å². The van der Waals surface area contributed by atoms with Gasteiger partial charge >= 0.3 is 0 Å². The lowest BCUT2D eigenvalue weighted by Gasteiger charge is -1.54. The molecule has 0 aromatic rings. The molecule has 0 spiro atoms. The van der Waals surface area contributed by atoms with Crippen molar-refractivity contribution in [1.82, 2.24) is 0 Å². The highest BCUT2D eigenvalue weighted by Crippen LogP contribution is 2.21. The minimum absolute atomic E-state index is 0.740. The largest absolute Gasteiger partial charge is 0.401 e. The molecule has 0 amide bonds. The Morgan fingerprint density at radius 2 is 2.33 bits per heavy atom. The molecule has 0 saturated heterocycles. The number of hydrogen-bond donors (Lipinski definition) is 1. The minimum atomic E-state index is 0.740. The molecular weight excluding hydrogens is 78.0 g/mol. The Morgan fingerprint density at radius 3 is 2.33 bits per heavy atom. The number of nitrogens with two attached hydrogens (primary N) is 1. The van der Waals surface area contributed by atoms with Crippen LogP contribution >= 0.6 is 0 Å². The molecule has 0 unspecified atom stereocenters. The fraction of sp³-hybridized carbons (Fsp3) is 0.250. The Hall–Kier alpha value is -0.790. The third-order valence-electron chi connectivity index (χ3n) is 0.811. The fourth-order valence-corrected chi connectivity index (χ4v) is 0.278. The van der Waals surface area contributed by atoms with Gasteiger partial charge in [0.1, 0.15) is 6.29 Å². The number of hydrogen-bond acceptors (Lipinski definition) is 2. The molecule has 0 fully saturated rings. The van der Waals surface area contributed by atoms with Gasteiger partial charge < -0.3 is 5.73 Å². The summed E-state index contributed by atoms with van der Waals surface area (Å²) in [5.74, 6) is 0.